The number of rotatable bonds is 10. The van der Waals surface area contributed by atoms with E-state index in [1.54, 1.807) is 44.0 Å². The van der Waals surface area contributed by atoms with Gasteiger partial charge in [-0.2, -0.15) is 23.3 Å². The molecule has 17 heteroatoms. The van der Waals surface area contributed by atoms with Crippen LogP contribution in [0.4, 0.5) is 36.3 Å². The average Bonchev–Trinajstić information content (AvgIpc) is 3.51. The van der Waals surface area contributed by atoms with Crippen molar-refractivity contribution in [3.63, 3.8) is 0 Å². The first-order chi connectivity index (χ1) is 21.4. The van der Waals surface area contributed by atoms with Crippen molar-refractivity contribution >= 4 is 36.6 Å². The van der Waals surface area contributed by atoms with Crippen LogP contribution in [0.3, 0.4) is 0 Å². The van der Waals surface area contributed by atoms with Gasteiger partial charge in [0.15, 0.2) is 0 Å². The fourth-order valence-corrected chi connectivity index (χ4v) is 5.76. The summed E-state index contributed by atoms with van der Waals surface area (Å²) >= 11 is 0. The van der Waals surface area contributed by atoms with E-state index >= 15 is 0 Å². The van der Waals surface area contributed by atoms with E-state index in [4.69, 9.17) is 4.74 Å². The molecule has 46 heavy (non-hydrogen) atoms. The largest absolute Gasteiger partial charge is 0.495 e. The van der Waals surface area contributed by atoms with Crippen molar-refractivity contribution in [2.45, 2.75) is 44.9 Å². The Morgan fingerprint density at radius 1 is 1.09 bits per heavy atom. The van der Waals surface area contributed by atoms with Gasteiger partial charge < -0.3 is 35.2 Å². The molecule has 5 N–H and O–H groups in total. The second kappa shape index (κ2) is 12.0. The van der Waals surface area contributed by atoms with E-state index in [1.165, 1.54) is 36.3 Å². The summed E-state index contributed by atoms with van der Waals surface area (Å²) in [5.41, 5.74) is 0.517. The average molecular weight is 662 g/mol. The van der Waals surface area contributed by atoms with Crippen molar-refractivity contribution in [1.82, 2.24) is 24.6 Å². The van der Waals surface area contributed by atoms with E-state index in [0.717, 1.165) is 0 Å². The third-order valence-electron chi connectivity index (χ3n) is 7.01. The van der Waals surface area contributed by atoms with Crippen LogP contribution in [-0.4, -0.2) is 65.2 Å². The summed E-state index contributed by atoms with van der Waals surface area (Å²) in [7, 11) is -1.46. The zero-order valence-electron chi connectivity index (χ0n) is 25.1. The van der Waals surface area contributed by atoms with Crippen LogP contribution in [0.5, 0.6) is 5.75 Å². The highest BCUT2D eigenvalue weighted by Gasteiger charge is 2.37. The molecule has 0 spiro atoms. The van der Waals surface area contributed by atoms with Gasteiger partial charge >= 0.3 is 13.8 Å². The van der Waals surface area contributed by atoms with Crippen LogP contribution in [0.15, 0.2) is 48.9 Å². The summed E-state index contributed by atoms with van der Waals surface area (Å²) in [6.45, 7) is 3.72. The molecule has 0 saturated heterocycles. The third kappa shape index (κ3) is 7.31. The number of aromatic nitrogens is 4. The Balaban J connectivity index is 1.51. The van der Waals surface area contributed by atoms with Crippen LogP contribution in [-0.2, 0) is 30.0 Å². The number of carbonyl (C=O) groups is 1. The SMILES string of the molecule is COc1cc(CP(=O)(O)O)ccc1Nc1ncc(C(F)(F)F)c(Nc2ccc(-c3cnn(CC(C)(C)O)c3)c3c2C(=O)N(C)C3)n1. The van der Waals surface area contributed by atoms with E-state index in [0.29, 0.717) is 22.9 Å². The molecule has 3 heterocycles. The zero-order valence-corrected chi connectivity index (χ0v) is 26.0. The van der Waals surface area contributed by atoms with Gasteiger partial charge in [0.25, 0.3) is 5.91 Å². The van der Waals surface area contributed by atoms with Crippen molar-refractivity contribution < 1.29 is 42.2 Å². The molecule has 0 unspecified atom stereocenters. The van der Waals surface area contributed by atoms with Crippen LogP contribution >= 0.6 is 7.60 Å². The highest BCUT2D eigenvalue weighted by molar-refractivity contribution is 7.50. The molecule has 244 valence electrons. The molecule has 0 fully saturated rings. The maximum atomic E-state index is 14.1. The first kappa shape index (κ1) is 32.9. The molecule has 4 aromatic rings. The van der Waals surface area contributed by atoms with Gasteiger partial charge in [0.05, 0.1) is 48.6 Å². The third-order valence-corrected chi connectivity index (χ3v) is 7.79. The number of alkyl halides is 3. The number of nitrogens with zero attached hydrogens (tertiary/aromatic N) is 5. The first-order valence-corrected chi connectivity index (χ1v) is 15.6. The van der Waals surface area contributed by atoms with Gasteiger partial charge in [-0.15, -0.1) is 0 Å². The number of ether oxygens (including phenoxy) is 1. The molecule has 0 atom stereocenters. The van der Waals surface area contributed by atoms with Crippen LogP contribution in [0, 0.1) is 0 Å². The molecular formula is C29H31F3N7O6P. The lowest BCUT2D eigenvalue weighted by Gasteiger charge is -2.18. The lowest BCUT2D eigenvalue weighted by Crippen LogP contribution is -2.26. The first-order valence-electron chi connectivity index (χ1n) is 13.8. The molecular weight excluding hydrogens is 630 g/mol. The number of methoxy groups -OCH3 is 1. The fourth-order valence-electron chi connectivity index (χ4n) is 5.08. The van der Waals surface area contributed by atoms with E-state index in [2.05, 4.69) is 25.7 Å². The van der Waals surface area contributed by atoms with Gasteiger partial charge in [0.2, 0.25) is 5.95 Å². The van der Waals surface area contributed by atoms with E-state index in [1.807, 2.05) is 0 Å². The monoisotopic (exact) mass is 661 g/mol. The summed E-state index contributed by atoms with van der Waals surface area (Å²) in [5.74, 6) is -1.11. The quantitative estimate of drug-likeness (QED) is 0.146. The molecule has 1 aliphatic rings. The topological polar surface area (TPSA) is 175 Å². The molecule has 1 aliphatic heterocycles. The van der Waals surface area contributed by atoms with Crippen LogP contribution < -0.4 is 15.4 Å². The number of fused-ring (bicyclic) bond motifs is 1. The zero-order chi connectivity index (χ0) is 33.6. The second-order valence-electron chi connectivity index (χ2n) is 11.5. The number of halogens is 3. The van der Waals surface area contributed by atoms with Crippen LogP contribution in [0.2, 0.25) is 0 Å². The van der Waals surface area contributed by atoms with Crippen molar-refractivity contribution in [2.75, 3.05) is 24.8 Å². The van der Waals surface area contributed by atoms with Crippen LogP contribution in [0.25, 0.3) is 11.1 Å². The van der Waals surface area contributed by atoms with Crippen LogP contribution in [0.1, 0.15) is 40.9 Å². The van der Waals surface area contributed by atoms with E-state index in [9.17, 15) is 37.4 Å². The number of benzene rings is 2. The van der Waals surface area contributed by atoms with Crippen molar-refractivity contribution in [3.8, 4) is 16.9 Å². The molecule has 0 bridgehead atoms. The number of aliphatic hydroxyl groups is 1. The maximum Gasteiger partial charge on any atom is 0.421 e. The minimum Gasteiger partial charge on any atom is -0.495 e. The van der Waals surface area contributed by atoms with Gasteiger partial charge in [-0.25, -0.2) is 4.98 Å². The van der Waals surface area contributed by atoms with Gasteiger partial charge in [0.1, 0.15) is 17.1 Å². The van der Waals surface area contributed by atoms with Gasteiger partial charge in [0, 0.05) is 31.5 Å². The highest BCUT2D eigenvalue weighted by Crippen LogP contribution is 2.42. The summed E-state index contributed by atoms with van der Waals surface area (Å²) in [5, 5.41) is 19.9. The van der Waals surface area contributed by atoms with Crippen molar-refractivity contribution in [2.24, 2.45) is 0 Å². The Kier molecular flexibility index (Phi) is 8.59. The smallest absolute Gasteiger partial charge is 0.421 e. The maximum absolute atomic E-state index is 14.1. The summed E-state index contributed by atoms with van der Waals surface area (Å²) in [6.07, 6.45) is -1.46. The molecule has 0 aliphatic carbocycles. The van der Waals surface area contributed by atoms with Gasteiger partial charge in [-0.05, 0) is 48.7 Å². The lowest BCUT2D eigenvalue weighted by molar-refractivity contribution is -0.137. The Hall–Kier alpha value is -4.50. The minimum atomic E-state index is -4.85. The lowest BCUT2D eigenvalue weighted by atomic mass is 9.97. The Bertz CT molecular complexity index is 1850. The number of hydrogen-bond donors (Lipinski definition) is 5. The highest BCUT2D eigenvalue weighted by atomic mass is 31.2. The Morgan fingerprint density at radius 2 is 1.80 bits per heavy atom. The molecule has 0 saturated carbocycles. The Labute approximate surface area is 261 Å². The molecule has 13 nitrogen and oxygen atoms in total. The molecule has 2 aromatic heterocycles. The minimum absolute atomic E-state index is 0.103. The summed E-state index contributed by atoms with van der Waals surface area (Å²) in [4.78, 5) is 41.2. The van der Waals surface area contributed by atoms with Crippen molar-refractivity contribution in [1.29, 1.82) is 0 Å². The second-order valence-corrected chi connectivity index (χ2v) is 13.1. The summed E-state index contributed by atoms with van der Waals surface area (Å²) in [6, 6.07) is 7.41. The molecule has 0 radical (unpaired) electrons. The molecule has 1 amide bonds. The summed E-state index contributed by atoms with van der Waals surface area (Å²) < 4.78 is 60.6. The van der Waals surface area contributed by atoms with E-state index in [-0.39, 0.29) is 47.3 Å². The number of anilines is 4. The van der Waals surface area contributed by atoms with Gasteiger partial charge in [-0.3, -0.25) is 14.0 Å². The normalized spacial score (nSPS) is 13.6. The fraction of sp³-hybridized carbons (Fsp3) is 0.310. The molecule has 5 rings (SSSR count). The predicted octanol–water partition coefficient (Wildman–Crippen LogP) is 4.89. The molecule has 2 aromatic carbocycles. The predicted molar refractivity (Wildman–Crippen MR) is 162 cm³/mol. The standard InChI is InChI=1S/C29H31F3N7O6P/c1-28(2,41)15-39-12-17(10-34-39)18-6-8-22(24-19(18)13-38(3)26(24)40)35-25-20(29(30,31)32)11-33-27(37-25)36-21-7-5-16(9-23(21)45-4)14-46(42,43)44/h5-12,41H,13-15H2,1-4H3,(H2,42,43,44)(H2,33,35,36,37). The number of nitrogens with one attached hydrogen (secondary N) is 2. The van der Waals surface area contributed by atoms with E-state index < -0.39 is 42.8 Å². The number of amides is 1. The van der Waals surface area contributed by atoms with Gasteiger partial charge in [-0.1, -0.05) is 12.1 Å². The number of carbonyl (C=O) groups excluding carboxylic acids is 1. The van der Waals surface area contributed by atoms with Crippen molar-refractivity contribution in [3.05, 3.63) is 71.2 Å². The Morgan fingerprint density at radius 3 is 2.46 bits per heavy atom. The number of hydrogen-bond acceptors (Lipinski definition) is 9.